The Hall–Kier alpha value is -3.25. The number of anilines is 1. The maximum Gasteiger partial charge on any atom is 0.294 e. The molecule has 0 fully saturated rings. The lowest BCUT2D eigenvalue weighted by Crippen LogP contribution is -2.50. The molecule has 7 heteroatoms. The van der Waals surface area contributed by atoms with E-state index in [-0.39, 0.29) is 24.1 Å². The first-order valence-corrected chi connectivity index (χ1v) is 9.47. The minimum atomic E-state index is -0.790. The summed E-state index contributed by atoms with van der Waals surface area (Å²) in [6.45, 7) is 0.0922. The van der Waals surface area contributed by atoms with Crippen molar-refractivity contribution >= 4 is 29.1 Å². The summed E-state index contributed by atoms with van der Waals surface area (Å²) >= 11 is 6.23. The van der Waals surface area contributed by atoms with Crippen molar-refractivity contribution in [2.45, 2.75) is 6.10 Å². The summed E-state index contributed by atoms with van der Waals surface area (Å²) in [5.41, 5.74) is 1.30. The fraction of sp³-hybridized carbons (Fsp3) is 0.182. The van der Waals surface area contributed by atoms with Gasteiger partial charge in [-0.2, -0.15) is 0 Å². The average molecular weight is 411 g/mol. The molecule has 2 aromatic carbocycles. The molecule has 1 aliphatic heterocycles. The molecule has 1 unspecified atom stereocenters. The van der Waals surface area contributed by atoms with Crippen molar-refractivity contribution in [3.8, 4) is 17.1 Å². The van der Waals surface area contributed by atoms with E-state index in [0.717, 1.165) is 0 Å². The van der Waals surface area contributed by atoms with Gasteiger partial charge in [0.25, 0.3) is 11.8 Å². The number of nitrogens with zero attached hydrogens (tertiary/aromatic N) is 2. The minimum absolute atomic E-state index is 0.0922. The third-order valence-electron chi connectivity index (χ3n) is 4.69. The van der Waals surface area contributed by atoms with Gasteiger partial charge in [0.2, 0.25) is 0 Å². The van der Waals surface area contributed by atoms with Crippen LogP contribution in [0.3, 0.4) is 0 Å². The monoisotopic (exact) mass is 410 g/mol. The van der Waals surface area contributed by atoms with Crippen molar-refractivity contribution < 1.29 is 18.7 Å². The highest BCUT2D eigenvalue weighted by Crippen LogP contribution is 2.35. The van der Waals surface area contributed by atoms with Crippen LogP contribution in [0.15, 0.2) is 65.1 Å². The number of carbonyl (C=O) groups is 2. The van der Waals surface area contributed by atoms with Gasteiger partial charge >= 0.3 is 0 Å². The predicted octanol–water partition coefficient (Wildman–Crippen LogP) is 4.10. The lowest BCUT2D eigenvalue weighted by molar-refractivity contribution is -0.135. The Balaban J connectivity index is 1.67. The second-order valence-electron chi connectivity index (χ2n) is 6.87. The SMILES string of the molecule is CN(C)C(=O)C1CN(C(=O)c2ccc(-c3ccccc3Cl)o2)c2ccccc2O1. The van der Waals surface area contributed by atoms with E-state index < -0.39 is 6.10 Å². The number of para-hydroxylation sites is 2. The molecular weight excluding hydrogens is 392 g/mol. The van der Waals surface area contributed by atoms with E-state index in [1.165, 1.54) is 9.80 Å². The first kappa shape index (κ1) is 19.1. The van der Waals surface area contributed by atoms with Crippen LogP contribution in [-0.4, -0.2) is 43.5 Å². The minimum Gasteiger partial charge on any atom is -0.476 e. The van der Waals surface area contributed by atoms with Gasteiger partial charge in [-0.25, -0.2) is 0 Å². The van der Waals surface area contributed by atoms with Crippen molar-refractivity contribution in [3.05, 3.63) is 71.4 Å². The molecule has 0 spiro atoms. The van der Waals surface area contributed by atoms with Crippen LogP contribution in [0, 0.1) is 0 Å². The van der Waals surface area contributed by atoms with Crippen LogP contribution in [0.25, 0.3) is 11.3 Å². The summed E-state index contributed by atoms with van der Waals surface area (Å²) in [4.78, 5) is 28.7. The molecule has 0 N–H and O–H groups in total. The lowest BCUT2D eigenvalue weighted by Gasteiger charge is -2.34. The van der Waals surface area contributed by atoms with Crippen LogP contribution in [0.1, 0.15) is 10.6 Å². The number of halogens is 1. The number of amides is 2. The first-order valence-electron chi connectivity index (χ1n) is 9.09. The molecule has 148 valence electrons. The van der Waals surface area contributed by atoms with Gasteiger partial charge < -0.3 is 14.1 Å². The number of fused-ring (bicyclic) bond motifs is 1. The fourth-order valence-corrected chi connectivity index (χ4v) is 3.46. The zero-order valence-electron chi connectivity index (χ0n) is 16.0. The third kappa shape index (κ3) is 3.59. The zero-order valence-corrected chi connectivity index (χ0v) is 16.7. The van der Waals surface area contributed by atoms with E-state index in [9.17, 15) is 9.59 Å². The number of likely N-dealkylation sites (N-methyl/N-ethyl adjacent to an activating group) is 1. The largest absolute Gasteiger partial charge is 0.476 e. The Labute approximate surface area is 173 Å². The molecule has 6 nitrogen and oxygen atoms in total. The van der Waals surface area contributed by atoms with Gasteiger partial charge in [-0.05, 0) is 36.4 Å². The van der Waals surface area contributed by atoms with Crippen LogP contribution < -0.4 is 9.64 Å². The Morgan fingerprint density at radius 2 is 1.76 bits per heavy atom. The van der Waals surface area contributed by atoms with E-state index in [1.54, 1.807) is 50.5 Å². The molecular formula is C22H19ClN2O4. The van der Waals surface area contributed by atoms with Crippen LogP contribution in [-0.2, 0) is 4.79 Å². The molecule has 2 heterocycles. The molecule has 0 radical (unpaired) electrons. The predicted molar refractivity (Wildman–Crippen MR) is 110 cm³/mol. The smallest absolute Gasteiger partial charge is 0.294 e. The van der Waals surface area contributed by atoms with E-state index in [4.69, 9.17) is 20.8 Å². The topological polar surface area (TPSA) is 63.0 Å². The number of benzene rings is 2. The molecule has 29 heavy (non-hydrogen) atoms. The molecule has 0 saturated heterocycles. The Morgan fingerprint density at radius 3 is 2.52 bits per heavy atom. The highest BCUT2D eigenvalue weighted by Gasteiger charge is 2.35. The summed E-state index contributed by atoms with van der Waals surface area (Å²) in [5, 5.41) is 0.536. The van der Waals surface area contributed by atoms with Crippen LogP contribution >= 0.6 is 11.6 Å². The van der Waals surface area contributed by atoms with Gasteiger partial charge in [0.15, 0.2) is 11.9 Å². The molecule has 1 aromatic heterocycles. The van der Waals surface area contributed by atoms with Gasteiger partial charge in [-0.3, -0.25) is 14.5 Å². The van der Waals surface area contributed by atoms with Gasteiger partial charge in [0.05, 0.1) is 17.3 Å². The molecule has 0 bridgehead atoms. The number of hydrogen-bond donors (Lipinski definition) is 0. The molecule has 4 rings (SSSR count). The van der Waals surface area contributed by atoms with Gasteiger partial charge in [-0.1, -0.05) is 35.9 Å². The fourth-order valence-electron chi connectivity index (χ4n) is 3.23. The number of furan rings is 1. The summed E-state index contributed by atoms with van der Waals surface area (Å²) in [6, 6.07) is 17.7. The Bertz CT molecular complexity index is 1080. The molecule has 3 aromatic rings. The van der Waals surface area contributed by atoms with Gasteiger partial charge in [0, 0.05) is 19.7 Å². The number of carbonyl (C=O) groups excluding carboxylic acids is 2. The standard InChI is InChI=1S/C22H19ClN2O4/c1-24(2)21(26)20-13-25(16-9-5-6-10-18(16)29-20)22(27)19-12-11-17(28-19)14-7-3-4-8-15(14)23/h3-12,20H,13H2,1-2H3. The maximum atomic E-state index is 13.2. The van der Waals surface area contributed by atoms with Crippen molar-refractivity contribution in [1.82, 2.24) is 4.90 Å². The molecule has 1 aliphatic rings. The summed E-state index contributed by atoms with van der Waals surface area (Å²) in [7, 11) is 3.31. The number of rotatable bonds is 3. The Kier molecular flexibility index (Phi) is 5.03. The third-order valence-corrected chi connectivity index (χ3v) is 5.02. The normalized spacial score (nSPS) is 15.4. The zero-order chi connectivity index (χ0) is 20.5. The second-order valence-corrected chi connectivity index (χ2v) is 7.27. The van der Waals surface area contributed by atoms with E-state index in [0.29, 0.717) is 27.8 Å². The van der Waals surface area contributed by atoms with Gasteiger partial charge in [-0.15, -0.1) is 0 Å². The quantitative estimate of drug-likeness (QED) is 0.652. The molecule has 0 aliphatic carbocycles. The van der Waals surface area contributed by atoms with Crippen molar-refractivity contribution in [2.75, 3.05) is 25.5 Å². The summed E-state index contributed by atoms with van der Waals surface area (Å²) in [6.07, 6.45) is -0.790. The van der Waals surface area contributed by atoms with Crippen LogP contribution in [0.4, 0.5) is 5.69 Å². The van der Waals surface area contributed by atoms with Crippen LogP contribution in [0.5, 0.6) is 5.75 Å². The molecule has 2 amide bonds. The van der Waals surface area contributed by atoms with Crippen molar-refractivity contribution in [3.63, 3.8) is 0 Å². The van der Waals surface area contributed by atoms with Crippen molar-refractivity contribution in [1.29, 1.82) is 0 Å². The number of hydrogen-bond acceptors (Lipinski definition) is 4. The van der Waals surface area contributed by atoms with E-state index in [2.05, 4.69) is 0 Å². The highest BCUT2D eigenvalue weighted by atomic mass is 35.5. The average Bonchev–Trinajstić information content (AvgIpc) is 3.22. The number of ether oxygens (including phenoxy) is 1. The maximum absolute atomic E-state index is 13.2. The van der Waals surface area contributed by atoms with Crippen LogP contribution in [0.2, 0.25) is 5.02 Å². The van der Waals surface area contributed by atoms with Crippen molar-refractivity contribution in [2.24, 2.45) is 0 Å². The highest BCUT2D eigenvalue weighted by molar-refractivity contribution is 6.33. The molecule has 0 saturated carbocycles. The van der Waals surface area contributed by atoms with Gasteiger partial charge in [0.1, 0.15) is 11.5 Å². The molecule has 1 atom stereocenters. The lowest BCUT2D eigenvalue weighted by atomic mass is 10.1. The Morgan fingerprint density at radius 1 is 1.03 bits per heavy atom. The summed E-state index contributed by atoms with van der Waals surface area (Å²) < 4.78 is 11.6. The van der Waals surface area contributed by atoms with E-state index in [1.807, 2.05) is 24.3 Å². The summed E-state index contributed by atoms with van der Waals surface area (Å²) in [5.74, 6) is 0.573. The second kappa shape index (κ2) is 7.64. The first-order chi connectivity index (χ1) is 14.0. The van der Waals surface area contributed by atoms with E-state index >= 15 is 0 Å².